The van der Waals surface area contributed by atoms with Gasteiger partial charge in [-0.25, -0.2) is 0 Å². The molecule has 0 bridgehead atoms. The molecular weight excluding hydrogens is 344 g/mol. The SMILES string of the molecule is CC(=O)N1c2ccc(OC(F)(F)F)cc2CCC1OCC(F)(F)F. The van der Waals surface area contributed by atoms with Gasteiger partial charge >= 0.3 is 12.5 Å². The number of aryl methyl sites for hydroxylation is 1. The molecule has 10 heteroatoms. The number of fused-ring (bicyclic) bond motifs is 1. The maximum Gasteiger partial charge on any atom is 0.573 e. The first-order valence-corrected chi connectivity index (χ1v) is 6.83. The van der Waals surface area contributed by atoms with Gasteiger partial charge in [-0.1, -0.05) is 0 Å². The van der Waals surface area contributed by atoms with E-state index in [1.807, 2.05) is 0 Å². The van der Waals surface area contributed by atoms with E-state index in [2.05, 4.69) is 4.74 Å². The number of hydrogen-bond acceptors (Lipinski definition) is 3. The van der Waals surface area contributed by atoms with Crippen LogP contribution in [0.3, 0.4) is 0 Å². The molecule has 0 saturated heterocycles. The second-order valence-electron chi connectivity index (χ2n) is 5.15. The molecule has 1 aliphatic heterocycles. The normalized spacial score (nSPS) is 18.3. The Kier molecular flexibility index (Phi) is 4.97. The Morgan fingerprint density at radius 3 is 2.46 bits per heavy atom. The third-order valence-electron chi connectivity index (χ3n) is 3.27. The number of ether oxygens (including phenoxy) is 2. The molecule has 0 aliphatic carbocycles. The molecule has 1 heterocycles. The van der Waals surface area contributed by atoms with Crippen molar-refractivity contribution in [2.24, 2.45) is 0 Å². The zero-order valence-corrected chi connectivity index (χ0v) is 12.4. The van der Waals surface area contributed by atoms with Crippen molar-refractivity contribution in [3.05, 3.63) is 23.8 Å². The topological polar surface area (TPSA) is 38.8 Å². The molecule has 134 valence electrons. The maximum absolute atomic E-state index is 12.3. The van der Waals surface area contributed by atoms with Crippen LogP contribution in [-0.4, -0.2) is 31.3 Å². The van der Waals surface area contributed by atoms with Gasteiger partial charge in [-0.3, -0.25) is 9.69 Å². The van der Waals surface area contributed by atoms with Crippen LogP contribution in [0.25, 0.3) is 0 Å². The van der Waals surface area contributed by atoms with Gasteiger partial charge in [-0.05, 0) is 36.6 Å². The van der Waals surface area contributed by atoms with Gasteiger partial charge in [0.1, 0.15) is 18.6 Å². The van der Waals surface area contributed by atoms with Crippen LogP contribution in [0.4, 0.5) is 32.0 Å². The van der Waals surface area contributed by atoms with Gasteiger partial charge in [0.15, 0.2) is 0 Å². The van der Waals surface area contributed by atoms with Gasteiger partial charge in [0.25, 0.3) is 0 Å². The molecule has 1 aromatic rings. The highest BCUT2D eigenvalue weighted by atomic mass is 19.4. The number of rotatable bonds is 3. The monoisotopic (exact) mass is 357 g/mol. The predicted octanol–water partition coefficient (Wildman–Crippen LogP) is 3.79. The molecule has 1 aliphatic rings. The van der Waals surface area contributed by atoms with Gasteiger partial charge in [-0.15, -0.1) is 13.2 Å². The quantitative estimate of drug-likeness (QED) is 0.773. The van der Waals surface area contributed by atoms with Crippen molar-refractivity contribution in [2.75, 3.05) is 11.5 Å². The summed E-state index contributed by atoms with van der Waals surface area (Å²) in [6.07, 6.45) is -10.4. The maximum atomic E-state index is 12.3. The summed E-state index contributed by atoms with van der Waals surface area (Å²) in [4.78, 5) is 12.8. The summed E-state index contributed by atoms with van der Waals surface area (Å²) in [6.45, 7) is -0.384. The highest BCUT2D eigenvalue weighted by molar-refractivity contribution is 5.93. The average Bonchev–Trinajstić information content (AvgIpc) is 2.41. The van der Waals surface area contributed by atoms with Crippen LogP contribution in [-0.2, 0) is 16.0 Å². The molecule has 0 aromatic heterocycles. The Bertz CT molecular complexity index is 614. The second kappa shape index (κ2) is 6.50. The van der Waals surface area contributed by atoms with Crippen molar-refractivity contribution in [1.82, 2.24) is 0 Å². The van der Waals surface area contributed by atoms with E-state index in [0.29, 0.717) is 5.56 Å². The minimum absolute atomic E-state index is 0.0259. The second-order valence-corrected chi connectivity index (χ2v) is 5.15. The number of nitrogens with zero attached hydrogens (tertiary/aromatic N) is 1. The van der Waals surface area contributed by atoms with E-state index in [-0.39, 0.29) is 18.5 Å². The summed E-state index contributed by atoms with van der Waals surface area (Å²) in [5, 5.41) is 0. The van der Waals surface area contributed by atoms with E-state index in [1.54, 1.807) is 0 Å². The number of carbonyl (C=O) groups is 1. The highest BCUT2D eigenvalue weighted by Gasteiger charge is 2.36. The van der Waals surface area contributed by atoms with Crippen molar-refractivity contribution in [1.29, 1.82) is 0 Å². The summed E-state index contributed by atoms with van der Waals surface area (Å²) >= 11 is 0. The molecule has 24 heavy (non-hydrogen) atoms. The van der Waals surface area contributed by atoms with Crippen molar-refractivity contribution < 1.29 is 40.6 Å². The molecule has 0 N–H and O–H groups in total. The van der Waals surface area contributed by atoms with Gasteiger partial charge in [0.2, 0.25) is 5.91 Å². The Morgan fingerprint density at radius 1 is 1.25 bits per heavy atom. The molecule has 0 saturated carbocycles. The first-order valence-electron chi connectivity index (χ1n) is 6.83. The Balaban J connectivity index is 2.24. The molecule has 1 amide bonds. The van der Waals surface area contributed by atoms with Gasteiger partial charge in [-0.2, -0.15) is 13.2 Å². The number of alkyl halides is 6. The first-order chi connectivity index (χ1) is 11.0. The Labute approximate surface area is 132 Å². The van der Waals surface area contributed by atoms with Crippen LogP contribution < -0.4 is 9.64 Å². The Morgan fingerprint density at radius 2 is 1.92 bits per heavy atom. The standard InChI is InChI=1S/C14H13F6NO3/c1-8(22)21-11-4-3-10(24-14(18,19)20)6-9(11)2-5-12(21)23-7-13(15,16)17/h3-4,6,12H,2,5,7H2,1H3. The van der Waals surface area contributed by atoms with E-state index in [0.717, 1.165) is 24.0 Å². The fourth-order valence-electron chi connectivity index (χ4n) is 2.48. The third kappa shape index (κ3) is 4.76. The van der Waals surface area contributed by atoms with E-state index in [4.69, 9.17) is 4.74 Å². The van der Waals surface area contributed by atoms with Crippen LogP contribution in [0.1, 0.15) is 18.9 Å². The van der Waals surface area contributed by atoms with Crippen molar-refractivity contribution in [2.45, 2.75) is 38.5 Å². The molecule has 0 spiro atoms. The lowest BCUT2D eigenvalue weighted by Gasteiger charge is -2.36. The smallest absolute Gasteiger partial charge is 0.406 e. The van der Waals surface area contributed by atoms with E-state index < -0.39 is 37.0 Å². The third-order valence-corrected chi connectivity index (χ3v) is 3.27. The molecule has 0 fully saturated rings. The minimum atomic E-state index is -4.86. The Hall–Kier alpha value is -1.97. The van der Waals surface area contributed by atoms with Crippen molar-refractivity contribution >= 4 is 11.6 Å². The van der Waals surface area contributed by atoms with Crippen LogP contribution in [0.15, 0.2) is 18.2 Å². The number of amides is 1. The van der Waals surface area contributed by atoms with E-state index in [9.17, 15) is 31.1 Å². The lowest BCUT2D eigenvalue weighted by Crippen LogP contribution is -2.45. The molecule has 0 radical (unpaired) electrons. The summed E-state index contributed by atoms with van der Waals surface area (Å²) in [7, 11) is 0. The summed E-state index contributed by atoms with van der Waals surface area (Å²) < 4.78 is 82.2. The molecular formula is C14H13F6NO3. The summed E-state index contributed by atoms with van der Waals surface area (Å²) in [5.41, 5.74) is 0.564. The van der Waals surface area contributed by atoms with E-state index >= 15 is 0 Å². The summed E-state index contributed by atoms with van der Waals surface area (Å²) in [5.74, 6) is -1.04. The molecule has 1 unspecified atom stereocenters. The van der Waals surface area contributed by atoms with Crippen molar-refractivity contribution in [3.63, 3.8) is 0 Å². The van der Waals surface area contributed by atoms with E-state index in [1.165, 1.54) is 6.07 Å². The highest BCUT2D eigenvalue weighted by Crippen LogP contribution is 2.35. The molecule has 4 nitrogen and oxygen atoms in total. The number of hydrogen-bond donors (Lipinski definition) is 0. The lowest BCUT2D eigenvalue weighted by molar-refractivity contribution is -0.274. The largest absolute Gasteiger partial charge is 0.573 e. The van der Waals surface area contributed by atoms with Gasteiger partial charge < -0.3 is 9.47 Å². The van der Waals surface area contributed by atoms with Crippen LogP contribution in [0.2, 0.25) is 0 Å². The fraction of sp³-hybridized carbons (Fsp3) is 0.500. The molecule has 2 rings (SSSR count). The summed E-state index contributed by atoms with van der Waals surface area (Å²) in [6, 6.07) is 3.30. The number of anilines is 1. The lowest BCUT2D eigenvalue weighted by atomic mass is 10.00. The van der Waals surface area contributed by atoms with Crippen LogP contribution in [0, 0.1) is 0 Å². The van der Waals surface area contributed by atoms with Gasteiger partial charge in [0.05, 0.1) is 0 Å². The molecule has 1 atom stereocenters. The molecule has 1 aromatic carbocycles. The van der Waals surface area contributed by atoms with Gasteiger partial charge in [0, 0.05) is 12.6 Å². The number of benzene rings is 1. The van der Waals surface area contributed by atoms with Crippen LogP contribution >= 0.6 is 0 Å². The van der Waals surface area contributed by atoms with Crippen LogP contribution in [0.5, 0.6) is 5.75 Å². The number of carbonyl (C=O) groups excluding carboxylic acids is 1. The zero-order valence-electron chi connectivity index (χ0n) is 12.4. The van der Waals surface area contributed by atoms with Crippen molar-refractivity contribution in [3.8, 4) is 5.75 Å². The fourth-order valence-corrected chi connectivity index (χ4v) is 2.48. The number of halogens is 6. The average molecular weight is 357 g/mol. The predicted molar refractivity (Wildman–Crippen MR) is 70.4 cm³/mol. The minimum Gasteiger partial charge on any atom is -0.406 e. The first kappa shape index (κ1) is 18.4. The zero-order chi connectivity index (χ0) is 18.1.